The Morgan fingerprint density at radius 3 is 2.47 bits per heavy atom. The number of carbonyl (C=O) groups excluding carboxylic acids is 1. The van der Waals surface area contributed by atoms with Crippen LogP contribution in [0.3, 0.4) is 0 Å². The van der Waals surface area contributed by atoms with E-state index in [4.69, 9.17) is 10.5 Å². The number of pyridine rings is 1. The van der Waals surface area contributed by atoms with Crippen molar-refractivity contribution in [2.75, 3.05) is 11.9 Å². The zero-order valence-corrected chi connectivity index (χ0v) is 17.7. The summed E-state index contributed by atoms with van der Waals surface area (Å²) in [6.07, 6.45) is 9.52. The van der Waals surface area contributed by atoms with Crippen molar-refractivity contribution in [1.29, 1.82) is 0 Å². The molecular formula is C21H29N7O2. The third-order valence-corrected chi connectivity index (χ3v) is 3.89. The summed E-state index contributed by atoms with van der Waals surface area (Å²) in [5.74, 6) is 0.727. The van der Waals surface area contributed by atoms with Crippen molar-refractivity contribution < 1.29 is 9.53 Å². The minimum absolute atomic E-state index is 0.0537. The Kier molecular flexibility index (Phi) is 9.23. The average Bonchev–Trinajstić information content (AvgIpc) is 3.53. The quantitative estimate of drug-likeness (QED) is 0.613. The molecule has 9 nitrogen and oxygen atoms in total. The van der Waals surface area contributed by atoms with Crippen molar-refractivity contribution in [3.63, 3.8) is 0 Å². The fourth-order valence-electron chi connectivity index (χ4n) is 2.26. The molecule has 9 heteroatoms. The molecule has 1 aliphatic carbocycles. The standard InChI is InChI=1S/C14H18N6O2.C5H5N.C2H6/c1-20-7-10(6-17-20)5-16-11-4-12(22-8-9-2-3-9)19-14(18-11)13(15)21;1-2-4-6-5-3-1;1-2/h4,6-7,9H,2-3,5,8H2,1H3,(H2,15,21)(H,16,18,19);1-5H;1-2H3. The number of hydrogen-bond donors (Lipinski definition) is 2. The van der Waals surface area contributed by atoms with Gasteiger partial charge in [-0.15, -0.1) is 0 Å². The second-order valence-electron chi connectivity index (χ2n) is 6.43. The maximum atomic E-state index is 11.3. The van der Waals surface area contributed by atoms with Crippen LogP contribution in [0.2, 0.25) is 0 Å². The Hall–Kier alpha value is -3.49. The van der Waals surface area contributed by atoms with Gasteiger partial charge in [-0.05, 0) is 30.9 Å². The molecule has 160 valence electrons. The van der Waals surface area contributed by atoms with Crippen LogP contribution in [-0.2, 0) is 13.6 Å². The highest BCUT2D eigenvalue weighted by Gasteiger charge is 2.22. The first-order chi connectivity index (χ1) is 14.6. The SMILES string of the molecule is CC.Cn1cc(CNc2cc(OCC3CC3)nc(C(N)=O)n2)cn1.c1ccncc1. The molecule has 0 atom stereocenters. The Bertz CT molecular complexity index is 869. The summed E-state index contributed by atoms with van der Waals surface area (Å²) in [6.45, 7) is 5.14. The van der Waals surface area contributed by atoms with Gasteiger partial charge in [0, 0.05) is 43.8 Å². The normalized spacial score (nSPS) is 12.0. The number of aryl methyl sites for hydroxylation is 1. The number of rotatable bonds is 7. The first-order valence-electron chi connectivity index (χ1n) is 9.98. The van der Waals surface area contributed by atoms with Crippen LogP contribution in [0.5, 0.6) is 5.88 Å². The molecule has 0 saturated heterocycles. The van der Waals surface area contributed by atoms with Gasteiger partial charge in [0.15, 0.2) is 0 Å². The average molecular weight is 412 g/mol. The maximum absolute atomic E-state index is 11.3. The van der Waals surface area contributed by atoms with Crippen molar-refractivity contribution in [3.8, 4) is 5.88 Å². The van der Waals surface area contributed by atoms with Gasteiger partial charge in [-0.1, -0.05) is 19.9 Å². The lowest BCUT2D eigenvalue weighted by Crippen LogP contribution is -2.17. The molecule has 1 fully saturated rings. The summed E-state index contributed by atoms with van der Waals surface area (Å²) in [5, 5.41) is 7.21. The van der Waals surface area contributed by atoms with Gasteiger partial charge in [0.1, 0.15) is 5.82 Å². The number of aromatic nitrogens is 5. The fourth-order valence-corrected chi connectivity index (χ4v) is 2.26. The first-order valence-corrected chi connectivity index (χ1v) is 9.98. The van der Waals surface area contributed by atoms with Gasteiger partial charge in [-0.25, -0.2) is 4.98 Å². The molecule has 1 aliphatic rings. The molecule has 0 bridgehead atoms. The van der Waals surface area contributed by atoms with E-state index in [1.807, 2.05) is 45.3 Å². The molecule has 0 aromatic carbocycles. The topological polar surface area (TPSA) is 121 Å². The summed E-state index contributed by atoms with van der Waals surface area (Å²) < 4.78 is 7.32. The molecule has 0 unspecified atom stereocenters. The summed E-state index contributed by atoms with van der Waals surface area (Å²) in [4.78, 5) is 23.2. The van der Waals surface area contributed by atoms with Crippen LogP contribution < -0.4 is 15.8 Å². The van der Waals surface area contributed by atoms with E-state index in [0.29, 0.717) is 30.8 Å². The monoisotopic (exact) mass is 411 g/mol. The van der Waals surface area contributed by atoms with E-state index in [0.717, 1.165) is 5.56 Å². The maximum Gasteiger partial charge on any atom is 0.286 e. The highest BCUT2D eigenvalue weighted by atomic mass is 16.5. The lowest BCUT2D eigenvalue weighted by molar-refractivity contribution is 0.0989. The number of nitrogens with zero attached hydrogens (tertiary/aromatic N) is 5. The zero-order chi connectivity index (χ0) is 21.8. The molecule has 3 N–H and O–H groups in total. The molecule has 3 aromatic rings. The van der Waals surface area contributed by atoms with E-state index < -0.39 is 5.91 Å². The lowest BCUT2D eigenvalue weighted by atomic mass is 10.3. The van der Waals surface area contributed by atoms with Crippen molar-refractivity contribution >= 4 is 11.7 Å². The number of carbonyl (C=O) groups is 1. The molecule has 3 aromatic heterocycles. The molecule has 0 spiro atoms. The molecule has 4 rings (SSSR count). The van der Waals surface area contributed by atoms with Gasteiger partial charge in [0.25, 0.3) is 5.91 Å². The van der Waals surface area contributed by atoms with E-state index in [-0.39, 0.29) is 5.82 Å². The molecule has 3 heterocycles. The molecule has 0 aliphatic heterocycles. The summed E-state index contributed by atoms with van der Waals surface area (Å²) in [7, 11) is 1.85. The number of anilines is 1. The van der Waals surface area contributed by atoms with Gasteiger partial charge in [0.05, 0.1) is 12.8 Å². The lowest BCUT2D eigenvalue weighted by Gasteiger charge is -2.09. The first kappa shape index (κ1) is 22.8. The molecule has 1 saturated carbocycles. The Balaban J connectivity index is 0.000000340. The van der Waals surface area contributed by atoms with Crippen LogP contribution >= 0.6 is 0 Å². The van der Waals surface area contributed by atoms with Crippen LogP contribution in [0, 0.1) is 5.92 Å². The van der Waals surface area contributed by atoms with Gasteiger partial charge in [-0.2, -0.15) is 10.1 Å². The van der Waals surface area contributed by atoms with Crippen LogP contribution in [0.15, 0.2) is 49.1 Å². The summed E-state index contributed by atoms with van der Waals surface area (Å²) in [6, 6.07) is 7.39. The molecule has 1 amide bonds. The minimum atomic E-state index is -0.679. The third-order valence-electron chi connectivity index (χ3n) is 3.89. The van der Waals surface area contributed by atoms with Crippen molar-refractivity contribution in [1.82, 2.24) is 24.7 Å². The number of amides is 1. The third kappa shape index (κ3) is 8.26. The fraction of sp³-hybridized carbons (Fsp3) is 0.381. The molecule has 0 radical (unpaired) electrons. The second-order valence-corrected chi connectivity index (χ2v) is 6.43. The van der Waals surface area contributed by atoms with Gasteiger partial charge in [0.2, 0.25) is 11.7 Å². The van der Waals surface area contributed by atoms with Crippen molar-refractivity contribution in [2.45, 2.75) is 33.2 Å². The smallest absolute Gasteiger partial charge is 0.286 e. The highest BCUT2D eigenvalue weighted by Crippen LogP contribution is 2.29. The number of primary amides is 1. The summed E-state index contributed by atoms with van der Waals surface area (Å²) >= 11 is 0. The largest absolute Gasteiger partial charge is 0.477 e. The zero-order valence-electron chi connectivity index (χ0n) is 17.7. The van der Waals surface area contributed by atoms with Crippen LogP contribution in [-0.4, -0.2) is 37.2 Å². The van der Waals surface area contributed by atoms with Crippen LogP contribution in [0.4, 0.5) is 5.82 Å². The second kappa shape index (κ2) is 12.2. The number of nitrogens with two attached hydrogens (primary N) is 1. The van der Waals surface area contributed by atoms with E-state index in [2.05, 4.69) is 25.4 Å². The van der Waals surface area contributed by atoms with Crippen LogP contribution in [0.1, 0.15) is 42.9 Å². The van der Waals surface area contributed by atoms with Crippen LogP contribution in [0.25, 0.3) is 0 Å². The minimum Gasteiger partial charge on any atom is -0.477 e. The van der Waals surface area contributed by atoms with E-state index in [1.54, 1.807) is 29.3 Å². The van der Waals surface area contributed by atoms with Gasteiger partial charge >= 0.3 is 0 Å². The highest BCUT2D eigenvalue weighted by molar-refractivity contribution is 5.89. The van der Waals surface area contributed by atoms with E-state index >= 15 is 0 Å². The number of ether oxygens (including phenoxy) is 1. The van der Waals surface area contributed by atoms with E-state index in [9.17, 15) is 4.79 Å². The van der Waals surface area contributed by atoms with Crippen molar-refractivity contribution in [3.05, 3.63) is 60.4 Å². The Labute approximate surface area is 176 Å². The predicted molar refractivity (Wildman–Crippen MR) is 115 cm³/mol. The summed E-state index contributed by atoms with van der Waals surface area (Å²) in [5.41, 5.74) is 6.27. The molecular weight excluding hydrogens is 382 g/mol. The number of hydrogen-bond acceptors (Lipinski definition) is 7. The van der Waals surface area contributed by atoms with E-state index in [1.165, 1.54) is 12.8 Å². The van der Waals surface area contributed by atoms with Crippen molar-refractivity contribution in [2.24, 2.45) is 18.7 Å². The Morgan fingerprint density at radius 1 is 1.23 bits per heavy atom. The number of nitrogens with one attached hydrogen (secondary N) is 1. The van der Waals surface area contributed by atoms with Gasteiger partial charge < -0.3 is 15.8 Å². The Morgan fingerprint density at radius 2 is 1.97 bits per heavy atom. The van der Waals surface area contributed by atoms with Gasteiger partial charge in [-0.3, -0.25) is 14.5 Å². The molecule has 30 heavy (non-hydrogen) atoms. The predicted octanol–water partition coefficient (Wildman–Crippen LogP) is 2.82.